The zero-order valence-electron chi connectivity index (χ0n) is 11.6. The molecule has 1 aliphatic rings. The average Bonchev–Trinajstić information content (AvgIpc) is 2.96. The summed E-state index contributed by atoms with van der Waals surface area (Å²) in [4.78, 5) is 16.9. The first kappa shape index (κ1) is 13.6. The number of hydrogen-bond donors (Lipinski definition) is 2. The molecule has 1 saturated heterocycles. The van der Waals surface area contributed by atoms with Gasteiger partial charge in [0.25, 0.3) is 0 Å². The molecule has 2 heterocycles. The Labute approximate surface area is 123 Å². The van der Waals surface area contributed by atoms with Crippen molar-refractivity contribution in [3.8, 4) is 11.4 Å². The highest BCUT2D eigenvalue weighted by molar-refractivity contribution is 5.65. The predicted molar refractivity (Wildman–Crippen MR) is 79.1 cm³/mol. The van der Waals surface area contributed by atoms with Crippen LogP contribution in [-0.2, 0) is 6.54 Å². The molecule has 0 spiro atoms. The van der Waals surface area contributed by atoms with E-state index in [1.807, 2.05) is 36.5 Å². The zero-order chi connectivity index (χ0) is 14.7. The Bertz CT molecular complexity index is 611. The normalized spacial score (nSPS) is 18.7. The molecule has 21 heavy (non-hydrogen) atoms. The second-order valence-corrected chi connectivity index (χ2v) is 5.15. The largest absolute Gasteiger partial charge is 0.465 e. The molecule has 0 radical (unpaired) electrons. The molecule has 110 valence electrons. The Morgan fingerprint density at radius 2 is 2.19 bits per heavy atom. The van der Waals surface area contributed by atoms with Gasteiger partial charge in [-0.05, 0) is 0 Å². The van der Waals surface area contributed by atoms with Gasteiger partial charge < -0.3 is 19.9 Å². The number of nitrogens with one attached hydrogen (secondary N) is 1. The molecule has 1 aromatic carbocycles. The second kappa shape index (κ2) is 5.97. The lowest BCUT2D eigenvalue weighted by molar-refractivity contribution is 0.126. The van der Waals surface area contributed by atoms with E-state index in [0.29, 0.717) is 26.2 Å². The lowest BCUT2D eigenvalue weighted by Gasteiger charge is -2.32. The van der Waals surface area contributed by atoms with E-state index in [0.717, 1.165) is 11.4 Å². The Morgan fingerprint density at radius 3 is 2.95 bits per heavy atom. The number of hydrogen-bond acceptors (Lipinski definition) is 3. The van der Waals surface area contributed by atoms with Gasteiger partial charge in [0.15, 0.2) is 0 Å². The highest BCUT2D eigenvalue weighted by Crippen LogP contribution is 2.17. The van der Waals surface area contributed by atoms with E-state index in [9.17, 15) is 4.79 Å². The summed E-state index contributed by atoms with van der Waals surface area (Å²) in [6.07, 6.45) is 2.86. The molecule has 2 aromatic rings. The van der Waals surface area contributed by atoms with Gasteiger partial charge in [-0.25, -0.2) is 9.78 Å². The molecule has 0 saturated carbocycles. The van der Waals surface area contributed by atoms with Crippen molar-refractivity contribution in [1.82, 2.24) is 19.8 Å². The molecule has 1 atom stereocenters. The van der Waals surface area contributed by atoms with Crippen LogP contribution in [0, 0.1) is 0 Å². The first-order chi connectivity index (χ1) is 10.2. The van der Waals surface area contributed by atoms with Crippen LogP contribution in [-0.4, -0.2) is 51.3 Å². The summed E-state index contributed by atoms with van der Waals surface area (Å²) >= 11 is 0. The lowest BCUT2D eigenvalue weighted by Crippen LogP contribution is -2.53. The van der Waals surface area contributed by atoms with Crippen molar-refractivity contribution in [3.63, 3.8) is 0 Å². The Kier molecular flexibility index (Phi) is 3.87. The van der Waals surface area contributed by atoms with E-state index in [4.69, 9.17) is 5.11 Å². The molecule has 6 nitrogen and oxygen atoms in total. The van der Waals surface area contributed by atoms with Crippen LogP contribution in [0.25, 0.3) is 11.4 Å². The monoisotopic (exact) mass is 286 g/mol. The van der Waals surface area contributed by atoms with E-state index in [1.165, 1.54) is 4.90 Å². The zero-order valence-corrected chi connectivity index (χ0v) is 11.6. The van der Waals surface area contributed by atoms with Crippen molar-refractivity contribution in [3.05, 3.63) is 42.7 Å². The van der Waals surface area contributed by atoms with Crippen molar-refractivity contribution in [2.75, 3.05) is 19.6 Å². The number of carboxylic acid groups (broad SMARTS) is 1. The Morgan fingerprint density at radius 1 is 1.38 bits per heavy atom. The fourth-order valence-corrected chi connectivity index (χ4v) is 2.66. The number of piperazine rings is 1. The highest BCUT2D eigenvalue weighted by Gasteiger charge is 2.23. The first-order valence-corrected chi connectivity index (χ1v) is 7.02. The SMILES string of the molecule is O=C(O)N1CCN[C@H](Cn2ccnc2-c2ccccc2)C1. The minimum atomic E-state index is -0.851. The fraction of sp³-hybridized carbons (Fsp3) is 0.333. The molecular formula is C15H18N4O2. The van der Waals surface area contributed by atoms with Gasteiger partial charge in [-0.3, -0.25) is 0 Å². The Balaban J connectivity index is 1.74. The van der Waals surface area contributed by atoms with Gasteiger partial charge in [0.2, 0.25) is 0 Å². The van der Waals surface area contributed by atoms with E-state index < -0.39 is 6.09 Å². The van der Waals surface area contributed by atoms with Crippen LogP contribution in [0.15, 0.2) is 42.7 Å². The van der Waals surface area contributed by atoms with Crippen molar-refractivity contribution in [2.24, 2.45) is 0 Å². The molecule has 0 aliphatic carbocycles. The lowest BCUT2D eigenvalue weighted by atomic mass is 10.2. The summed E-state index contributed by atoms with van der Waals surface area (Å²) < 4.78 is 2.07. The van der Waals surface area contributed by atoms with Crippen molar-refractivity contribution in [2.45, 2.75) is 12.6 Å². The minimum Gasteiger partial charge on any atom is -0.465 e. The first-order valence-electron chi connectivity index (χ1n) is 7.02. The third kappa shape index (κ3) is 3.05. The third-order valence-corrected chi connectivity index (χ3v) is 3.69. The summed E-state index contributed by atoms with van der Waals surface area (Å²) in [5.41, 5.74) is 1.06. The van der Waals surface area contributed by atoms with Crippen LogP contribution in [0.1, 0.15) is 0 Å². The van der Waals surface area contributed by atoms with Gasteiger partial charge >= 0.3 is 6.09 Å². The molecular weight excluding hydrogens is 268 g/mol. The van der Waals surface area contributed by atoms with Crippen molar-refractivity contribution < 1.29 is 9.90 Å². The smallest absolute Gasteiger partial charge is 0.407 e. The van der Waals surface area contributed by atoms with E-state index in [2.05, 4.69) is 14.9 Å². The van der Waals surface area contributed by atoms with Crippen LogP contribution in [0.2, 0.25) is 0 Å². The molecule has 1 amide bonds. The van der Waals surface area contributed by atoms with Crippen LogP contribution in [0.4, 0.5) is 4.79 Å². The topological polar surface area (TPSA) is 70.4 Å². The summed E-state index contributed by atoms with van der Waals surface area (Å²) in [6.45, 7) is 2.43. The standard InChI is InChI=1S/C15H18N4O2/c20-15(21)19-9-6-16-13(11-19)10-18-8-7-17-14(18)12-4-2-1-3-5-12/h1-5,7-8,13,16H,6,9-11H2,(H,20,21)/t13-/m1/s1. The maximum absolute atomic E-state index is 11.1. The quantitative estimate of drug-likeness (QED) is 0.897. The molecule has 1 aromatic heterocycles. The molecule has 2 N–H and O–H groups in total. The van der Waals surface area contributed by atoms with Crippen molar-refractivity contribution in [1.29, 1.82) is 0 Å². The maximum Gasteiger partial charge on any atom is 0.407 e. The van der Waals surface area contributed by atoms with Crippen LogP contribution in [0.5, 0.6) is 0 Å². The Hall–Kier alpha value is -2.34. The molecule has 1 aliphatic heterocycles. The maximum atomic E-state index is 11.1. The highest BCUT2D eigenvalue weighted by atomic mass is 16.4. The summed E-state index contributed by atoms with van der Waals surface area (Å²) in [5.74, 6) is 0.907. The van der Waals surface area contributed by atoms with E-state index in [1.54, 1.807) is 6.20 Å². The third-order valence-electron chi connectivity index (χ3n) is 3.69. The van der Waals surface area contributed by atoms with E-state index in [-0.39, 0.29) is 6.04 Å². The summed E-state index contributed by atoms with van der Waals surface area (Å²) in [6, 6.07) is 10.1. The number of nitrogens with zero attached hydrogens (tertiary/aromatic N) is 3. The van der Waals surface area contributed by atoms with Gasteiger partial charge in [0.1, 0.15) is 5.82 Å². The number of carbonyl (C=O) groups is 1. The number of rotatable bonds is 3. The summed E-state index contributed by atoms with van der Waals surface area (Å²) in [5, 5.41) is 12.5. The minimum absolute atomic E-state index is 0.103. The summed E-state index contributed by atoms with van der Waals surface area (Å²) in [7, 11) is 0. The number of benzene rings is 1. The van der Waals surface area contributed by atoms with Crippen LogP contribution in [0.3, 0.4) is 0 Å². The van der Waals surface area contributed by atoms with Gasteiger partial charge in [-0.1, -0.05) is 30.3 Å². The number of imidazole rings is 1. The molecule has 0 unspecified atom stereocenters. The molecule has 0 bridgehead atoms. The number of aromatic nitrogens is 2. The molecule has 6 heteroatoms. The van der Waals surface area contributed by atoms with Gasteiger partial charge in [0, 0.05) is 50.2 Å². The van der Waals surface area contributed by atoms with Gasteiger partial charge in [-0.2, -0.15) is 0 Å². The van der Waals surface area contributed by atoms with Crippen LogP contribution >= 0.6 is 0 Å². The van der Waals surface area contributed by atoms with Crippen molar-refractivity contribution >= 4 is 6.09 Å². The number of amides is 1. The predicted octanol–water partition coefficient (Wildman–Crippen LogP) is 1.50. The second-order valence-electron chi connectivity index (χ2n) is 5.15. The average molecular weight is 286 g/mol. The van der Waals surface area contributed by atoms with Gasteiger partial charge in [-0.15, -0.1) is 0 Å². The molecule has 1 fully saturated rings. The van der Waals surface area contributed by atoms with E-state index >= 15 is 0 Å². The molecule has 3 rings (SSSR count). The van der Waals surface area contributed by atoms with Crippen LogP contribution < -0.4 is 5.32 Å². The van der Waals surface area contributed by atoms with Gasteiger partial charge in [0.05, 0.1) is 0 Å². The fourth-order valence-electron chi connectivity index (χ4n) is 2.66.